The smallest absolute Gasteiger partial charge is 0.265 e. The average molecular weight is 412 g/mol. The Hall–Kier alpha value is -3.31. The first-order valence-electron chi connectivity index (χ1n) is 10.3. The van der Waals surface area contributed by atoms with Crippen LogP contribution in [0.15, 0.2) is 84.2 Å². The van der Waals surface area contributed by atoms with Crippen molar-refractivity contribution in [2.45, 2.75) is 25.0 Å². The third kappa shape index (κ3) is 2.62. The van der Waals surface area contributed by atoms with Crippen LogP contribution < -0.4 is 10.3 Å². The first-order chi connectivity index (χ1) is 14.8. The van der Waals surface area contributed by atoms with Gasteiger partial charge in [0.15, 0.2) is 6.17 Å². The third-order valence-electron chi connectivity index (χ3n) is 6.14. The van der Waals surface area contributed by atoms with Crippen LogP contribution in [0.25, 0.3) is 10.1 Å². The van der Waals surface area contributed by atoms with Gasteiger partial charge in [0.25, 0.3) is 5.91 Å². The first-order valence-corrected chi connectivity index (χ1v) is 11.2. The van der Waals surface area contributed by atoms with Crippen LogP contribution >= 0.6 is 11.3 Å². The molecule has 1 fully saturated rings. The molecule has 0 spiro atoms. The second-order valence-corrected chi connectivity index (χ2v) is 8.75. The lowest BCUT2D eigenvalue weighted by Crippen LogP contribution is -2.38. The van der Waals surface area contributed by atoms with Crippen molar-refractivity contribution in [1.29, 1.82) is 0 Å². The summed E-state index contributed by atoms with van der Waals surface area (Å²) in [5.41, 5.74) is 8.00. The highest BCUT2D eigenvalue weighted by molar-refractivity contribution is 7.17. The van der Waals surface area contributed by atoms with Gasteiger partial charge in [-0.1, -0.05) is 54.6 Å². The monoisotopic (exact) mass is 411 g/mol. The summed E-state index contributed by atoms with van der Waals surface area (Å²) >= 11 is 1.74. The van der Waals surface area contributed by atoms with Gasteiger partial charge in [-0.15, -0.1) is 11.3 Å². The summed E-state index contributed by atoms with van der Waals surface area (Å²) in [7, 11) is 0. The zero-order valence-electron chi connectivity index (χ0n) is 16.4. The highest BCUT2D eigenvalue weighted by Crippen LogP contribution is 2.46. The quantitative estimate of drug-likeness (QED) is 0.477. The maximum absolute atomic E-state index is 13.6. The molecule has 0 saturated carbocycles. The van der Waals surface area contributed by atoms with Crippen molar-refractivity contribution in [3.8, 4) is 0 Å². The summed E-state index contributed by atoms with van der Waals surface area (Å²) in [6.45, 7) is 0. The molecule has 2 aliphatic rings. The largest absolute Gasteiger partial charge is 0.333 e. The Morgan fingerprint density at radius 3 is 2.57 bits per heavy atom. The molecule has 6 rings (SSSR count). The van der Waals surface area contributed by atoms with Crippen LogP contribution in [0.3, 0.4) is 0 Å². The van der Waals surface area contributed by atoms with Gasteiger partial charge < -0.3 is 4.90 Å². The predicted molar refractivity (Wildman–Crippen MR) is 123 cm³/mol. The molecule has 1 saturated heterocycles. The molecular weight excluding hydrogens is 390 g/mol. The number of aryl methyl sites for hydroxylation is 1. The normalized spacial score (nSPS) is 20.3. The molecular formula is C25H21N3OS. The number of anilines is 2. The van der Waals surface area contributed by atoms with Crippen LogP contribution in [-0.4, -0.2) is 17.0 Å². The molecule has 1 amide bonds. The van der Waals surface area contributed by atoms with Gasteiger partial charge in [-0.25, -0.2) is 5.01 Å². The molecule has 148 valence electrons. The number of carbonyl (C=O) groups is 1. The number of rotatable bonds is 3. The zero-order valence-corrected chi connectivity index (χ0v) is 17.2. The van der Waals surface area contributed by atoms with Gasteiger partial charge in [-0.2, -0.15) is 0 Å². The number of hydrogen-bond acceptors (Lipinski definition) is 4. The molecule has 0 aliphatic carbocycles. The second kappa shape index (κ2) is 6.89. The van der Waals surface area contributed by atoms with E-state index >= 15 is 0 Å². The summed E-state index contributed by atoms with van der Waals surface area (Å²) in [5.74, 6) is 0.133. The van der Waals surface area contributed by atoms with Gasteiger partial charge in [0.05, 0.1) is 5.69 Å². The molecule has 1 aromatic heterocycles. The van der Waals surface area contributed by atoms with E-state index in [0.29, 0.717) is 0 Å². The minimum Gasteiger partial charge on any atom is -0.333 e. The maximum Gasteiger partial charge on any atom is 0.265 e. The summed E-state index contributed by atoms with van der Waals surface area (Å²) in [4.78, 5) is 15.9. The first kappa shape index (κ1) is 17.5. The van der Waals surface area contributed by atoms with Crippen LogP contribution in [0.4, 0.5) is 11.4 Å². The highest BCUT2D eigenvalue weighted by atomic mass is 32.1. The Morgan fingerprint density at radius 2 is 1.67 bits per heavy atom. The Balaban J connectivity index is 1.53. The number of carbonyl (C=O) groups excluding carboxylic acids is 1. The molecule has 3 aromatic carbocycles. The standard InChI is InChI=1S/C25H21N3OS/c29-25-22-15-14-17-8-4-6-12-21(17)27(22)24(28(25)26-18-9-2-1-3-10-18)20-16-30-23-13-7-5-11-19(20)23/h1-13,16,22,24,26H,14-15H2/t22?,24-/m1/s1. The molecule has 0 radical (unpaired) electrons. The number of fused-ring (bicyclic) bond motifs is 4. The van der Waals surface area contributed by atoms with Gasteiger partial charge in [0.2, 0.25) is 0 Å². The molecule has 1 N–H and O–H groups in total. The molecule has 4 aromatic rings. The van der Waals surface area contributed by atoms with Gasteiger partial charge in [-0.05, 0) is 53.4 Å². The SMILES string of the molecule is O=C1C2CCc3ccccc3N2[C@@H](c2csc3ccccc23)N1Nc1ccccc1. The van der Waals surface area contributed by atoms with Gasteiger partial charge >= 0.3 is 0 Å². The minimum atomic E-state index is -0.194. The summed E-state index contributed by atoms with van der Waals surface area (Å²) in [5, 5.41) is 5.27. The Labute approximate surface area is 179 Å². The molecule has 1 unspecified atom stereocenters. The van der Waals surface area contributed by atoms with Crippen molar-refractivity contribution in [2.24, 2.45) is 0 Å². The number of para-hydroxylation sites is 2. The van der Waals surface area contributed by atoms with Crippen LogP contribution in [-0.2, 0) is 11.2 Å². The fourth-order valence-electron chi connectivity index (χ4n) is 4.78. The van der Waals surface area contributed by atoms with E-state index in [0.717, 1.165) is 18.5 Å². The van der Waals surface area contributed by atoms with Crippen LogP contribution in [0.1, 0.15) is 23.7 Å². The van der Waals surface area contributed by atoms with Crippen molar-refractivity contribution in [3.63, 3.8) is 0 Å². The third-order valence-corrected chi connectivity index (χ3v) is 7.12. The van der Waals surface area contributed by atoms with Crippen LogP contribution in [0, 0.1) is 0 Å². The topological polar surface area (TPSA) is 35.6 Å². The predicted octanol–water partition coefficient (Wildman–Crippen LogP) is 5.59. The van der Waals surface area contributed by atoms with E-state index < -0.39 is 0 Å². The second-order valence-electron chi connectivity index (χ2n) is 7.84. The highest BCUT2D eigenvalue weighted by Gasteiger charge is 2.49. The molecule has 0 bridgehead atoms. The van der Waals surface area contributed by atoms with Gasteiger partial charge in [0.1, 0.15) is 6.04 Å². The lowest BCUT2D eigenvalue weighted by Gasteiger charge is -2.36. The maximum atomic E-state index is 13.6. The van der Waals surface area contributed by atoms with Crippen molar-refractivity contribution in [2.75, 3.05) is 10.3 Å². The van der Waals surface area contributed by atoms with E-state index in [2.05, 4.69) is 64.2 Å². The van der Waals surface area contributed by atoms with Gasteiger partial charge in [-0.3, -0.25) is 10.2 Å². The number of amides is 1. The van der Waals surface area contributed by atoms with Crippen LogP contribution in [0.2, 0.25) is 0 Å². The fourth-order valence-corrected chi connectivity index (χ4v) is 5.75. The molecule has 4 nitrogen and oxygen atoms in total. The van der Waals surface area contributed by atoms with E-state index in [9.17, 15) is 4.79 Å². The number of nitrogens with one attached hydrogen (secondary N) is 1. The lowest BCUT2D eigenvalue weighted by molar-refractivity contribution is -0.128. The van der Waals surface area contributed by atoms with Crippen molar-refractivity contribution in [1.82, 2.24) is 5.01 Å². The number of nitrogens with zero attached hydrogens (tertiary/aromatic N) is 2. The van der Waals surface area contributed by atoms with E-state index in [1.165, 1.54) is 26.9 Å². The van der Waals surface area contributed by atoms with E-state index in [1.54, 1.807) is 11.3 Å². The van der Waals surface area contributed by atoms with Crippen molar-refractivity contribution < 1.29 is 4.79 Å². The van der Waals surface area contributed by atoms with E-state index in [4.69, 9.17) is 0 Å². The van der Waals surface area contributed by atoms with E-state index in [1.807, 2.05) is 35.3 Å². The average Bonchev–Trinajstić information content (AvgIpc) is 3.34. The number of hydrazine groups is 1. The number of hydrogen-bond donors (Lipinski definition) is 1. The summed E-state index contributed by atoms with van der Waals surface area (Å²) < 4.78 is 1.24. The summed E-state index contributed by atoms with van der Waals surface area (Å²) in [6.07, 6.45) is 1.57. The van der Waals surface area contributed by atoms with E-state index in [-0.39, 0.29) is 18.1 Å². The molecule has 5 heteroatoms. The minimum absolute atomic E-state index is 0.133. The summed E-state index contributed by atoms with van der Waals surface area (Å²) in [6, 6.07) is 26.8. The molecule has 3 heterocycles. The Morgan fingerprint density at radius 1 is 0.900 bits per heavy atom. The van der Waals surface area contributed by atoms with Crippen molar-refractivity contribution >= 4 is 38.7 Å². The lowest BCUT2D eigenvalue weighted by atomic mass is 9.95. The Bertz CT molecular complexity index is 1240. The van der Waals surface area contributed by atoms with Crippen molar-refractivity contribution in [3.05, 3.63) is 95.4 Å². The molecule has 2 atom stereocenters. The number of thiophene rings is 1. The Kier molecular flexibility index (Phi) is 4.03. The van der Waals surface area contributed by atoms with Gasteiger partial charge in [0, 0.05) is 16.0 Å². The zero-order chi connectivity index (χ0) is 20.1. The fraction of sp³-hybridized carbons (Fsp3) is 0.160. The number of benzene rings is 3. The molecule has 30 heavy (non-hydrogen) atoms. The van der Waals surface area contributed by atoms with Crippen LogP contribution in [0.5, 0.6) is 0 Å². The molecule has 2 aliphatic heterocycles.